The smallest absolute Gasteiger partial charge is 0.338 e. The van der Waals surface area contributed by atoms with E-state index in [9.17, 15) is 9.59 Å². The molecule has 202 valence electrons. The molecule has 0 radical (unpaired) electrons. The fourth-order valence-electron chi connectivity index (χ4n) is 4.81. The average Bonchev–Trinajstić information content (AvgIpc) is 3.56. The van der Waals surface area contributed by atoms with E-state index in [1.807, 2.05) is 60.7 Å². The molecule has 8 nitrogen and oxygen atoms in total. The summed E-state index contributed by atoms with van der Waals surface area (Å²) in [5.41, 5.74) is 2.55. The maximum absolute atomic E-state index is 14.1. The van der Waals surface area contributed by atoms with E-state index in [2.05, 4.69) is 15.9 Å². The summed E-state index contributed by atoms with van der Waals surface area (Å²) >= 11 is 4.82. The Bertz CT molecular complexity index is 1840. The Hall–Kier alpha value is -4.15. The van der Waals surface area contributed by atoms with E-state index in [0.717, 1.165) is 15.6 Å². The van der Waals surface area contributed by atoms with Crippen molar-refractivity contribution in [1.82, 2.24) is 4.57 Å². The van der Waals surface area contributed by atoms with Crippen LogP contribution in [0.4, 0.5) is 0 Å². The van der Waals surface area contributed by atoms with Gasteiger partial charge in [-0.05, 0) is 36.8 Å². The monoisotopic (exact) mass is 618 g/mol. The van der Waals surface area contributed by atoms with Crippen LogP contribution in [-0.4, -0.2) is 31.0 Å². The van der Waals surface area contributed by atoms with Crippen LogP contribution in [0.1, 0.15) is 29.7 Å². The number of halogens is 1. The molecule has 0 spiro atoms. The minimum Gasteiger partial charge on any atom is -0.496 e. The first-order chi connectivity index (χ1) is 19.5. The number of esters is 1. The number of methoxy groups -OCH3 is 1. The summed E-state index contributed by atoms with van der Waals surface area (Å²) in [6.45, 7) is 2.06. The molecule has 0 saturated carbocycles. The van der Waals surface area contributed by atoms with E-state index in [-0.39, 0.29) is 24.5 Å². The Morgan fingerprint density at radius 3 is 2.60 bits per heavy atom. The molecule has 40 heavy (non-hydrogen) atoms. The van der Waals surface area contributed by atoms with Crippen molar-refractivity contribution in [2.24, 2.45) is 4.99 Å². The maximum atomic E-state index is 14.1. The van der Waals surface area contributed by atoms with Gasteiger partial charge in [-0.25, -0.2) is 9.79 Å². The van der Waals surface area contributed by atoms with Gasteiger partial charge in [-0.3, -0.25) is 9.36 Å². The summed E-state index contributed by atoms with van der Waals surface area (Å²) in [7, 11) is 1.56. The molecule has 3 aromatic carbocycles. The molecule has 0 bridgehead atoms. The zero-order valence-electron chi connectivity index (χ0n) is 21.5. The number of para-hydroxylation sites is 1. The van der Waals surface area contributed by atoms with E-state index in [0.29, 0.717) is 37.8 Å². The highest BCUT2D eigenvalue weighted by atomic mass is 79.9. The number of hydrogen-bond donors (Lipinski definition) is 0. The molecule has 2 aliphatic heterocycles. The minimum atomic E-state index is -0.830. The second-order valence-electron chi connectivity index (χ2n) is 8.90. The normalized spacial score (nSPS) is 16.0. The number of nitrogens with zero attached hydrogens (tertiary/aromatic N) is 2. The zero-order valence-corrected chi connectivity index (χ0v) is 24.0. The maximum Gasteiger partial charge on any atom is 0.338 e. The van der Waals surface area contributed by atoms with Gasteiger partial charge < -0.3 is 18.9 Å². The fraction of sp³-hybridized carbons (Fsp3) is 0.167. The molecule has 10 heteroatoms. The summed E-state index contributed by atoms with van der Waals surface area (Å²) in [4.78, 5) is 33.0. The van der Waals surface area contributed by atoms with Gasteiger partial charge in [-0.2, -0.15) is 0 Å². The third kappa shape index (κ3) is 4.52. The van der Waals surface area contributed by atoms with Crippen molar-refractivity contribution in [3.8, 4) is 17.2 Å². The first-order valence-corrected chi connectivity index (χ1v) is 14.1. The number of hydrogen-bond acceptors (Lipinski definition) is 8. The van der Waals surface area contributed by atoms with E-state index in [1.165, 1.54) is 11.3 Å². The van der Waals surface area contributed by atoms with Gasteiger partial charge >= 0.3 is 5.97 Å². The van der Waals surface area contributed by atoms with Crippen molar-refractivity contribution in [2.75, 3.05) is 20.5 Å². The highest BCUT2D eigenvalue weighted by Gasteiger charge is 2.36. The number of ether oxygens (including phenoxy) is 4. The standard InChI is InChI=1S/C30H23BrN2O6S/c1-3-37-29(35)25-26(17-9-5-4-6-10-17)32-30-33(27(25)19-11-7-8-12-21(19)36-2)28(34)24(40-30)14-18-13-22-23(15-20(18)31)39-16-38-22/h4-15,27H,3,16H2,1-2H3/b24-14+/t27-/m1/s1. The van der Waals surface area contributed by atoms with Crippen molar-refractivity contribution in [1.29, 1.82) is 0 Å². The van der Waals surface area contributed by atoms with E-state index >= 15 is 0 Å². The molecule has 1 atom stereocenters. The van der Waals surface area contributed by atoms with Crippen LogP contribution in [0.2, 0.25) is 0 Å². The van der Waals surface area contributed by atoms with Crippen molar-refractivity contribution in [2.45, 2.75) is 13.0 Å². The topological polar surface area (TPSA) is 88.4 Å². The number of rotatable bonds is 6. The van der Waals surface area contributed by atoms with E-state index in [4.69, 9.17) is 23.9 Å². The lowest BCUT2D eigenvalue weighted by molar-refractivity contribution is -0.138. The quantitative estimate of drug-likeness (QED) is 0.297. The Morgan fingerprint density at radius 1 is 1.12 bits per heavy atom. The minimum absolute atomic E-state index is 0.144. The third-order valence-corrected chi connectivity index (χ3v) is 8.26. The fourth-order valence-corrected chi connectivity index (χ4v) is 6.24. The molecule has 3 heterocycles. The average molecular weight is 619 g/mol. The van der Waals surface area contributed by atoms with Gasteiger partial charge in [0, 0.05) is 15.6 Å². The molecule has 0 N–H and O–H groups in total. The van der Waals surface area contributed by atoms with Gasteiger partial charge in [-0.1, -0.05) is 75.8 Å². The Balaban J connectivity index is 1.65. The molecule has 0 fully saturated rings. The van der Waals surface area contributed by atoms with Crippen LogP contribution in [0.15, 0.2) is 86.6 Å². The van der Waals surface area contributed by atoms with Gasteiger partial charge in [-0.15, -0.1) is 0 Å². The summed E-state index contributed by atoms with van der Waals surface area (Å²) in [5, 5.41) is 0. The van der Waals surface area contributed by atoms with Crippen molar-refractivity contribution >= 4 is 45.0 Å². The number of aromatic nitrogens is 1. The molecular weight excluding hydrogens is 596 g/mol. The predicted molar refractivity (Wildman–Crippen MR) is 154 cm³/mol. The third-order valence-electron chi connectivity index (χ3n) is 6.59. The summed E-state index contributed by atoms with van der Waals surface area (Å²) in [6.07, 6.45) is 1.78. The lowest BCUT2D eigenvalue weighted by atomic mass is 9.92. The molecule has 0 unspecified atom stereocenters. The molecule has 6 rings (SSSR count). The van der Waals surface area contributed by atoms with Crippen molar-refractivity contribution < 1.29 is 23.7 Å². The van der Waals surface area contributed by atoms with Gasteiger partial charge in [0.1, 0.15) is 11.8 Å². The highest BCUT2D eigenvalue weighted by molar-refractivity contribution is 9.10. The predicted octanol–water partition coefficient (Wildman–Crippen LogP) is 4.44. The number of benzene rings is 3. The van der Waals surface area contributed by atoms with Crippen molar-refractivity contribution in [3.63, 3.8) is 0 Å². The Labute approximate surface area is 241 Å². The van der Waals surface area contributed by atoms with Crippen LogP contribution < -0.4 is 29.1 Å². The SMILES string of the molecule is CCOC(=O)C1=C(c2ccccc2)N=c2s/c(=C/c3cc4c(cc3Br)OCO4)c(=O)n2[C@@H]1c1ccccc1OC. The largest absolute Gasteiger partial charge is 0.496 e. The lowest BCUT2D eigenvalue weighted by Crippen LogP contribution is -2.40. The van der Waals surface area contributed by atoms with E-state index in [1.54, 1.807) is 30.7 Å². The second kappa shape index (κ2) is 10.8. The first-order valence-electron chi connectivity index (χ1n) is 12.5. The van der Waals surface area contributed by atoms with Crippen LogP contribution in [-0.2, 0) is 9.53 Å². The highest BCUT2D eigenvalue weighted by Crippen LogP contribution is 2.39. The summed E-state index contributed by atoms with van der Waals surface area (Å²) in [5.74, 6) is 1.23. The van der Waals surface area contributed by atoms with E-state index < -0.39 is 12.0 Å². The first kappa shape index (κ1) is 26.1. The van der Waals surface area contributed by atoms with Crippen LogP contribution in [0.5, 0.6) is 17.2 Å². The number of carbonyl (C=O) groups excluding carboxylic acids is 1. The lowest BCUT2D eigenvalue weighted by Gasteiger charge is -2.27. The van der Waals surface area contributed by atoms with Crippen LogP contribution in [0.3, 0.4) is 0 Å². The van der Waals surface area contributed by atoms with Crippen LogP contribution in [0.25, 0.3) is 11.8 Å². The van der Waals surface area contributed by atoms with Crippen molar-refractivity contribution in [3.05, 3.63) is 113 Å². The van der Waals surface area contributed by atoms with Gasteiger partial charge in [0.25, 0.3) is 5.56 Å². The Kier molecular flexibility index (Phi) is 7.03. The van der Waals surface area contributed by atoms with Crippen LogP contribution >= 0.6 is 27.3 Å². The van der Waals surface area contributed by atoms with Gasteiger partial charge in [0.05, 0.1) is 29.5 Å². The molecule has 0 saturated heterocycles. The molecule has 0 amide bonds. The summed E-state index contributed by atoms with van der Waals surface area (Å²) < 4.78 is 25.0. The number of thiazole rings is 1. The molecule has 1 aromatic heterocycles. The molecule has 2 aliphatic rings. The molecular formula is C30H23BrN2O6S. The van der Waals surface area contributed by atoms with Gasteiger partial charge in [0.15, 0.2) is 16.3 Å². The molecule has 0 aliphatic carbocycles. The number of fused-ring (bicyclic) bond motifs is 2. The Morgan fingerprint density at radius 2 is 1.85 bits per heavy atom. The number of carbonyl (C=O) groups is 1. The summed E-state index contributed by atoms with van der Waals surface area (Å²) in [6, 6.07) is 19.6. The zero-order chi connectivity index (χ0) is 27.8. The second-order valence-corrected chi connectivity index (χ2v) is 10.8. The van der Waals surface area contributed by atoms with Gasteiger partial charge in [0.2, 0.25) is 6.79 Å². The molecule has 4 aromatic rings. The van der Waals surface area contributed by atoms with Crippen LogP contribution in [0, 0.1) is 0 Å².